The molecule has 1 saturated heterocycles. The minimum Gasteiger partial charge on any atom is -0.481 e. The normalized spacial score (nSPS) is 20.4. The highest BCUT2D eigenvalue weighted by Crippen LogP contribution is 2.31. The van der Waals surface area contributed by atoms with Crippen molar-refractivity contribution in [2.75, 3.05) is 18.0 Å². The maximum Gasteiger partial charge on any atom is 0.417 e. The highest BCUT2D eigenvalue weighted by atomic mass is 32.2. The molecule has 3 rings (SSSR count). The van der Waals surface area contributed by atoms with Gasteiger partial charge in [-0.05, 0) is 56.2 Å². The lowest BCUT2D eigenvalue weighted by Crippen LogP contribution is -2.58. The number of alkyl halides is 3. The molecule has 1 aliphatic rings. The van der Waals surface area contributed by atoms with Crippen LogP contribution >= 0.6 is 0 Å². The molecule has 0 aliphatic carbocycles. The first-order valence-electron chi connectivity index (χ1n) is 9.93. The number of hydrogen-bond acceptors (Lipinski definition) is 5. The van der Waals surface area contributed by atoms with Crippen molar-refractivity contribution in [1.82, 2.24) is 9.29 Å². The van der Waals surface area contributed by atoms with Crippen molar-refractivity contribution in [3.8, 4) is 0 Å². The van der Waals surface area contributed by atoms with Crippen LogP contribution in [0.4, 0.5) is 19.0 Å². The zero-order chi connectivity index (χ0) is 23.8. The Morgan fingerprint density at radius 1 is 1.16 bits per heavy atom. The van der Waals surface area contributed by atoms with Gasteiger partial charge in [0.1, 0.15) is 5.82 Å². The summed E-state index contributed by atoms with van der Waals surface area (Å²) >= 11 is 0. The molecule has 1 fully saturated rings. The largest absolute Gasteiger partial charge is 0.481 e. The number of carboxylic acids is 1. The Bertz CT molecular complexity index is 1100. The van der Waals surface area contributed by atoms with Gasteiger partial charge in [0.05, 0.1) is 16.9 Å². The van der Waals surface area contributed by atoms with Gasteiger partial charge in [0.25, 0.3) is 0 Å². The predicted molar refractivity (Wildman–Crippen MR) is 112 cm³/mol. The number of carbonyl (C=O) groups is 1. The van der Waals surface area contributed by atoms with Crippen LogP contribution in [0.2, 0.25) is 0 Å². The number of hydrogen-bond donors (Lipinski definition) is 1. The van der Waals surface area contributed by atoms with E-state index in [2.05, 4.69) is 4.98 Å². The summed E-state index contributed by atoms with van der Waals surface area (Å²) in [6.07, 6.45) is -3.99. The first-order chi connectivity index (χ1) is 14.8. The van der Waals surface area contributed by atoms with Gasteiger partial charge >= 0.3 is 12.1 Å². The van der Waals surface area contributed by atoms with Gasteiger partial charge in [0, 0.05) is 31.4 Å². The van der Waals surface area contributed by atoms with E-state index in [9.17, 15) is 26.4 Å². The first-order valence-corrected chi connectivity index (χ1v) is 11.4. The van der Waals surface area contributed by atoms with Crippen LogP contribution in [0.5, 0.6) is 0 Å². The molecule has 11 heteroatoms. The number of halogens is 3. The molecule has 1 aromatic heterocycles. The van der Waals surface area contributed by atoms with Crippen LogP contribution in [-0.4, -0.2) is 54.0 Å². The van der Waals surface area contributed by atoms with Crippen LogP contribution in [-0.2, 0) is 27.4 Å². The number of aliphatic carboxylic acids is 1. The van der Waals surface area contributed by atoms with E-state index in [0.717, 1.165) is 12.3 Å². The summed E-state index contributed by atoms with van der Waals surface area (Å²) in [5.74, 6) is -0.712. The quantitative estimate of drug-likeness (QED) is 0.720. The third-order valence-electron chi connectivity index (χ3n) is 5.57. The van der Waals surface area contributed by atoms with Crippen molar-refractivity contribution in [2.24, 2.45) is 0 Å². The van der Waals surface area contributed by atoms with E-state index in [1.807, 2.05) is 0 Å². The van der Waals surface area contributed by atoms with Gasteiger partial charge in [-0.25, -0.2) is 13.4 Å². The second-order valence-corrected chi connectivity index (χ2v) is 9.88. The Morgan fingerprint density at radius 2 is 1.84 bits per heavy atom. The number of piperazine rings is 1. The number of anilines is 1. The van der Waals surface area contributed by atoms with Crippen molar-refractivity contribution < 1.29 is 31.5 Å². The van der Waals surface area contributed by atoms with Crippen molar-refractivity contribution in [1.29, 1.82) is 0 Å². The molecule has 2 heterocycles. The molecule has 0 amide bonds. The molecule has 2 aromatic rings. The number of aryl methyl sites for hydroxylation is 1. The summed E-state index contributed by atoms with van der Waals surface area (Å²) in [4.78, 5) is 16.8. The van der Waals surface area contributed by atoms with Crippen LogP contribution in [0.25, 0.3) is 0 Å². The highest BCUT2D eigenvalue weighted by Gasteiger charge is 2.38. The Balaban J connectivity index is 1.84. The predicted octanol–water partition coefficient (Wildman–Crippen LogP) is 3.32. The summed E-state index contributed by atoms with van der Waals surface area (Å²) in [7, 11) is -3.91. The van der Waals surface area contributed by atoms with Gasteiger partial charge in [-0.1, -0.05) is 6.07 Å². The fraction of sp³-hybridized carbons (Fsp3) is 0.429. The van der Waals surface area contributed by atoms with E-state index in [1.165, 1.54) is 22.5 Å². The van der Waals surface area contributed by atoms with Crippen molar-refractivity contribution in [3.63, 3.8) is 0 Å². The molecular weight excluding hydrogens is 447 g/mol. The van der Waals surface area contributed by atoms with Crippen LogP contribution in [0, 0.1) is 6.92 Å². The van der Waals surface area contributed by atoms with Gasteiger partial charge in [-0.2, -0.15) is 17.5 Å². The minimum absolute atomic E-state index is 0.0134. The second kappa shape index (κ2) is 8.70. The molecule has 1 N–H and O–H groups in total. The Morgan fingerprint density at radius 3 is 2.41 bits per heavy atom. The maximum absolute atomic E-state index is 13.3. The third kappa shape index (κ3) is 4.88. The van der Waals surface area contributed by atoms with E-state index in [0.29, 0.717) is 16.9 Å². The van der Waals surface area contributed by atoms with Gasteiger partial charge in [0.15, 0.2) is 0 Å². The topological polar surface area (TPSA) is 90.8 Å². The summed E-state index contributed by atoms with van der Waals surface area (Å²) in [5.41, 5.74) is 0.262. The molecule has 1 aliphatic heterocycles. The Kier molecular flexibility index (Phi) is 6.52. The van der Waals surface area contributed by atoms with Crippen LogP contribution in [0.3, 0.4) is 0 Å². The Labute approximate surface area is 184 Å². The van der Waals surface area contributed by atoms with Gasteiger partial charge < -0.3 is 10.0 Å². The maximum atomic E-state index is 13.3. The lowest BCUT2D eigenvalue weighted by Gasteiger charge is -2.43. The highest BCUT2D eigenvalue weighted by molar-refractivity contribution is 7.89. The Hall–Kier alpha value is -2.66. The lowest BCUT2D eigenvalue weighted by molar-refractivity contribution is -0.138. The fourth-order valence-corrected chi connectivity index (χ4v) is 5.52. The minimum atomic E-state index is -4.48. The summed E-state index contributed by atoms with van der Waals surface area (Å²) < 4.78 is 66.4. The van der Waals surface area contributed by atoms with Crippen LogP contribution in [0.15, 0.2) is 41.4 Å². The number of benzene rings is 1. The molecule has 1 aromatic carbocycles. The second-order valence-electron chi connectivity index (χ2n) is 7.99. The van der Waals surface area contributed by atoms with E-state index in [-0.39, 0.29) is 30.4 Å². The molecule has 0 unspecified atom stereocenters. The van der Waals surface area contributed by atoms with Crippen LogP contribution < -0.4 is 4.90 Å². The van der Waals surface area contributed by atoms with Gasteiger partial charge in [0.2, 0.25) is 10.0 Å². The molecule has 174 valence electrons. The zero-order valence-corrected chi connectivity index (χ0v) is 18.6. The number of rotatable bonds is 5. The third-order valence-corrected chi connectivity index (χ3v) is 7.54. The summed E-state index contributed by atoms with van der Waals surface area (Å²) in [6, 6.07) is 5.85. The monoisotopic (exact) mass is 471 g/mol. The molecule has 0 bridgehead atoms. The first kappa shape index (κ1) is 24.0. The average molecular weight is 472 g/mol. The number of carboxylic acid groups (broad SMARTS) is 1. The zero-order valence-electron chi connectivity index (χ0n) is 17.8. The number of sulfonamides is 1. The number of nitrogens with zero attached hydrogens (tertiary/aromatic N) is 3. The fourth-order valence-electron chi connectivity index (χ4n) is 3.77. The van der Waals surface area contributed by atoms with Crippen molar-refractivity contribution in [2.45, 2.75) is 50.3 Å². The lowest BCUT2D eigenvalue weighted by atomic mass is 10.1. The number of aromatic nitrogens is 1. The standard InChI is InChI=1S/C21H24F3N3O4S/c1-13-4-6-18(8-16(13)9-20(28)29)32(30,31)27-12-14(2)26(11-15(27)3)19-7-5-17(10-25-19)21(22,23)24/h4-8,10,14-15H,9,11-12H2,1-3H3,(H,28,29)/t14-,15+/m0/s1. The molecular formula is C21H24F3N3O4S. The molecule has 32 heavy (non-hydrogen) atoms. The van der Waals surface area contributed by atoms with Crippen molar-refractivity contribution in [3.05, 3.63) is 53.2 Å². The molecule has 0 radical (unpaired) electrons. The molecule has 7 nitrogen and oxygen atoms in total. The smallest absolute Gasteiger partial charge is 0.417 e. The number of pyridine rings is 1. The van der Waals surface area contributed by atoms with E-state index in [4.69, 9.17) is 5.11 Å². The van der Waals surface area contributed by atoms with Crippen LogP contribution in [0.1, 0.15) is 30.5 Å². The molecule has 0 saturated carbocycles. The van der Waals surface area contributed by atoms with E-state index >= 15 is 0 Å². The molecule has 0 spiro atoms. The van der Waals surface area contributed by atoms with Gasteiger partial charge in [-0.15, -0.1) is 0 Å². The van der Waals surface area contributed by atoms with Crippen molar-refractivity contribution >= 4 is 21.8 Å². The summed E-state index contributed by atoms with van der Waals surface area (Å²) in [6.45, 7) is 5.56. The molecule has 2 atom stereocenters. The summed E-state index contributed by atoms with van der Waals surface area (Å²) in [5, 5.41) is 9.08. The van der Waals surface area contributed by atoms with E-state index < -0.39 is 33.8 Å². The van der Waals surface area contributed by atoms with Gasteiger partial charge in [-0.3, -0.25) is 4.79 Å². The SMILES string of the molecule is Cc1ccc(S(=O)(=O)N2C[C@H](C)N(c3ccc(C(F)(F)F)cn3)C[C@H]2C)cc1CC(=O)O. The van der Waals surface area contributed by atoms with E-state index in [1.54, 1.807) is 31.7 Å². The average Bonchev–Trinajstić information content (AvgIpc) is 2.70.